The van der Waals surface area contributed by atoms with E-state index in [0.717, 1.165) is 24.3 Å². The van der Waals surface area contributed by atoms with Gasteiger partial charge in [-0.2, -0.15) is 43.9 Å². The Hall–Kier alpha value is -2.12. The molecule has 0 radical (unpaired) electrons. The van der Waals surface area contributed by atoms with E-state index in [9.17, 15) is 62.1 Å². The fourth-order valence-electron chi connectivity index (χ4n) is 6.04. The van der Waals surface area contributed by atoms with Crippen LogP contribution >= 0.6 is 0 Å². The second-order valence-corrected chi connectivity index (χ2v) is 18.1. The van der Waals surface area contributed by atoms with Crippen LogP contribution in [0.5, 0.6) is 11.5 Å². The number of benzene rings is 6. The van der Waals surface area contributed by atoms with Gasteiger partial charge in [-0.25, -0.2) is 0 Å². The fourth-order valence-corrected chi connectivity index (χ4v) is 8.91. The van der Waals surface area contributed by atoms with E-state index in [1.165, 1.54) is 0 Å². The third kappa shape index (κ3) is 11.5. The van der Waals surface area contributed by atoms with Gasteiger partial charge in [0, 0.05) is 10.8 Å². The molecule has 0 spiro atoms. The third-order valence-corrected chi connectivity index (χ3v) is 12.4. The van der Waals surface area contributed by atoms with E-state index in [-0.39, 0.29) is 140 Å². The van der Waals surface area contributed by atoms with Crippen molar-refractivity contribution in [3.05, 3.63) is 83.9 Å². The molecule has 0 saturated carbocycles. The van der Waals surface area contributed by atoms with Gasteiger partial charge in [-0.05, 0) is 84.6 Å². The molecule has 62 heavy (non-hydrogen) atoms. The van der Waals surface area contributed by atoms with E-state index in [4.69, 9.17) is 11.5 Å². The number of rotatable bonds is 9. The summed E-state index contributed by atoms with van der Waals surface area (Å²) >= 11 is 0. The van der Waals surface area contributed by atoms with E-state index in [2.05, 4.69) is 20.5 Å². The van der Waals surface area contributed by atoms with Gasteiger partial charge in [-0.15, -0.1) is 10.2 Å². The minimum absolute atomic E-state index is 0. The van der Waals surface area contributed by atoms with Gasteiger partial charge in [0.15, 0.2) is 11.5 Å². The number of anilines is 2. The molecule has 0 atom stereocenters. The number of nitrogens with zero attached hydrogens (tertiary/aromatic N) is 4. The summed E-state index contributed by atoms with van der Waals surface area (Å²) in [5.41, 5.74) is 13.2. The maximum absolute atomic E-state index is 12.0. The predicted octanol–water partition coefficient (Wildman–Crippen LogP) is -5.31. The second-order valence-electron chi connectivity index (χ2n) is 12.6. The summed E-state index contributed by atoms with van der Waals surface area (Å²) in [6.07, 6.45) is 0. The standard InChI is InChI=1S/C34H28N6O14S4.4Na/c1-15-11-17(3-7-21(15)37-39-23-9-5-19-25(55(43,44)45)13-27(57(49,50)51)31(35)29(19)33(23)41)18-4-8-22(16(2)12-18)38-40-24-10-6-20-26(56(46,47)48)14-28(58(52,53)54)32(36)30(20)34(24)42;;;;/h3-14,41-42H,35-36H2,1-2H3,(H,43,44,45)(H,46,47,48)(H,49,50,51)(H,52,53,54);;;;/q;4*+1. The number of phenols is 2. The molecule has 0 heterocycles. The number of hydrogen-bond donors (Lipinski definition) is 8. The number of nitrogen functional groups attached to an aromatic ring is 2. The Morgan fingerprint density at radius 3 is 0.968 bits per heavy atom. The molecule has 6 rings (SSSR count). The van der Waals surface area contributed by atoms with Crippen LogP contribution < -0.4 is 130 Å². The third-order valence-electron chi connectivity index (χ3n) is 8.81. The number of nitrogens with two attached hydrogens (primary N) is 2. The number of hydrogen-bond acceptors (Lipinski definition) is 16. The van der Waals surface area contributed by atoms with Gasteiger partial charge in [0.2, 0.25) is 0 Å². The van der Waals surface area contributed by atoms with E-state index < -0.39 is 93.7 Å². The molecule has 6 aromatic rings. The van der Waals surface area contributed by atoms with Gasteiger partial charge < -0.3 is 21.7 Å². The number of fused-ring (bicyclic) bond motifs is 2. The minimum atomic E-state index is -5.10. The molecule has 28 heteroatoms. The SMILES string of the molecule is Cc1cc(-c2ccc(N=Nc3ccc4c(S(=O)(=O)O)cc(S(=O)(=O)O)c(N)c4c3O)c(C)c2)ccc1N=Nc1ccc2c(S(=O)(=O)O)cc(S(=O)(=O)O)c(N)c2c1O.[Na+].[Na+].[Na+].[Na+]. The summed E-state index contributed by atoms with van der Waals surface area (Å²) in [7, 11) is -20.3. The van der Waals surface area contributed by atoms with Crippen molar-refractivity contribution in [3.63, 3.8) is 0 Å². The normalized spacial score (nSPS) is 12.2. The molecule has 10 N–H and O–H groups in total. The summed E-state index contributed by atoms with van der Waals surface area (Å²) in [6.45, 7) is 3.42. The molecule has 0 aliphatic rings. The van der Waals surface area contributed by atoms with Crippen LogP contribution in [-0.4, -0.2) is 62.1 Å². The zero-order chi connectivity index (χ0) is 42.9. The average Bonchev–Trinajstić information content (AvgIpc) is 3.09. The quantitative estimate of drug-likeness (QED) is 0.0290. The van der Waals surface area contributed by atoms with Crippen molar-refractivity contribution in [1.29, 1.82) is 0 Å². The van der Waals surface area contributed by atoms with Gasteiger partial charge in [0.25, 0.3) is 40.5 Å². The molecule has 0 unspecified atom stereocenters. The Bertz CT molecular complexity index is 3100. The number of phenolic OH excluding ortho intramolecular Hbond substituents is 2. The molecule has 0 bridgehead atoms. The van der Waals surface area contributed by atoms with Gasteiger partial charge in [0.05, 0.1) is 33.5 Å². The van der Waals surface area contributed by atoms with Gasteiger partial charge in [0.1, 0.15) is 31.0 Å². The summed E-state index contributed by atoms with van der Waals surface area (Å²) in [5, 5.41) is 36.5. The zero-order valence-corrected chi connectivity index (χ0v) is 44.7. The summed E-state index contributed by atoms with van der Waals surface area (Å²) < 4.78 is 134. The summed E-state index contributed by atoms with van der Waals surface area (Å²) in [4.78, 5) is -4.01. The van der Waals surface area contributed by atoms with Gasteiger partial charge in [-0.3, -0.25) is 18.2 Å². The fraction of sp³-hybridized carbons (Fsp3) is 0.0588. The van der Waals surface area contributed by atoms with Crippen LogP contribution in [0.2, 0.25) is 0 Å². The second kappa shape index (κ2) is 20.6. The molecule has 0 fully saturated rings. The molecule has 0 aliphatic heterocycles. The van der Waals surface area contributed by atoms with Crippen molar-refractivity contribution in [2.24, 2.45) is 20.5 Å². The van der Waals surface area contributed by atoms with Crippen LogP contribution in [0.1, 0.15) is 11.1 Å². The Morgan fingerprint density at radius 2 is 0.694 bits per heavy atom. The van der Waals surface area contributed by atoms with Crippen molar-refractivity contribution in [1.82, 2.24) is 0 Å². The first-order chi connectivity index (χ1) is 26.8. The Kier molecular flexibility index (Phi) is 18.6. The van der Waals surface area contributed by atoms with E-state index in [1.54, 1.807) is 50.2 Å². The molecule has 0 aromatic heterocycles. The molecule has 20 nitrogen and oxygen atoms in total. The Morgan fingerprint density at radius 1 is 0.419 bits per heavy atom. The Balaban J connectivity index is 0.00000331. The summed E-state index contributed by atoms with van der Waals surface area (Å²) in [6, 6.07) is 15.6. The van der Waals surface area contributed by atoms with Crippen LogP contribution in [0, 0.1) is 13.8 Å². The minimum Gasteiger partial charge on any atom is -0.505 e. The van der Waals surface area contributed by atoms with Crippen molar-refractivity contribution in [2.75, 3.05) is 11.5 Å². The van der Waals surface area contributed by atoms with Crippen molar-refractivity contribution < 1.29 is 180 Å². The molecule has 6 aromatic carbocycles. The van der Waals surface area contributed by atoms with Crippen LogP contribution in [0.4, 0.5) is 34.1 Å². The van der Waals surface area contributed by atoms with Crippen LogP contribution in [0.3, 0.4) is 0 Å². The number of aromatic hydroxyl groups is 2. The van der Waals surface area contributed by atoms with Crippen molar-refractivity contribution in [3.8, 4) is 22.6 Å². The van der Waals surface area contributed by atoms with Crippen LogP contribution in [0.15, 0.2) is 113 Å². The molecule has 0 aliphatic carbocycles. The smallest absolute Gasteiger partial charge is 0.505 e. The zero-order valence-electron chi connectivity index (χ0n) is 33.5. The van der Waals surface area contributed by atoms with Crippen molar-refractivity contribution in [2.45, 2.75) is 33.4 Å². The molecule has 0 saturated heterocycles. The first-order valence-corrected chi connectivity index (χ1v) is 21.7. The first-order valence-electron chi connectivity index (χ1n) is 15.9. The molecule has 0 amide bonds. The first kappa shape index (κ1) is 56.0. The van der Waals surface area contributed by atoms with Crippen LogP contribution in [-0.2, 0) is 40.5 Å². The topological polar surface area (TPSA) is 359 Å². The number of aryl methyl sites for hydroxylation is 2. The maximum Gasteiger partial charge on any atom is 1.00 e. The molecular formula is C34H28N6Na4O14S4+4. The van der Waals surface area contributed by atoms with E-state index >= 15 is 0 Å². The van der Waals surface area contributed by atoms with Crippen LogP contribution in [0.25, 0.3) is 32.7 Å². The largest absolute Gasteiger partial charge is 1.00 e. The van der Waals surface area contributed by atoms with Gasteiger partial charge in [-0.1, -0.05) is 24.3 Å². The predicted molar refractivity (Wildman–Crippen MR) is 209 cm³/mol. The Labute approximate surface area is 442 Å². The van der Waals surface area contributed by atoms with Gasteiger partial charge >= 0.3 is 118 Å². The monoisotopic (exact) mass is 964 g/mol. The van der Waals surface area contributed by atoms with E-state index in [1.807, 2.05) is 0 Å². The van der Waals surface area contributed by atoms with E-state index in [0.29, 0.717) is 45.8 Å². The number of azo groups is 2. The molecular weight excluding hydrogens is 937 g/mol. The molecule has 302 valence electrons. The summed E-state index contributed by atoms with van der Waals surface area (Å²) in [5.74, 6) is -1.57. The average molecular weight is 965 g/mol. The maximum atomic E-state index is 12.0. The van der Waals surface area contributed by atoms with Crippen molar-refractivity contribution >= 4 is 96.1 Å².